The van der Waals surface area contributed by atoms with Crippen molar-refractivity contribution in [1.29, 1.82) is 5.26 Å². The summed E-state index contributed by atoms with van der Waals surface area (Å²) in [4.78, 5) is 12.4. The average Bonchev–Trinajstić information content (AvgIpc) is 2.83. The first kappa shape index (κ1) is 22.8. The molecule has 3 rings (SSSR count). The van der Waals surface area contributed by atoms with Crippen LogP contribution in [0.15, 0.2) is 70.2 Å². The van der Waals surface area contributed by atoms with Gasteiger partial charge in [0.25, 0.3) is 5.91 Å². The molecule has 0 heterocycles. The molecular weight excluding hydrogens is 474 g/mol. The van der Waals surface area contributed by atoms with E-state index < -0.39 is 5.91 Å². The number of nitrogens with one attached hydrogen (secondary N) is 1. The van der Waals surface area contributed by atoms with Crippen LogP contribution in [0.2, 0.25) is 0 Å². The molecule has 0 aliphatic carbocycles. The van der Waals surface area contributed by atoms with Crippen LogP contribution in [0, 0.1) is 11.3 Å². The zero-order valence-corrected chi connectivity index (χ0v) is 19.0. The minimum atomic E-state index is -0.395. The quantitative estimate of drug-likeness (QED) is 0.363. The summed E-state index contributed by atoms with van der Waals surface area (Å²) in [5.41, 5.74) is 5.10. The molecular formula is C24H20BrN3O4. The second-order valence-electron chi connectivity index (χ2n) is 6.55. The Morgan fingerprint density at radius 3 is 2.44 bits per heavy atom. The van der Waals surface area contributed by atoms with E-state index in [0.717, 1.165) is 10.0 Å². The highest BCUT2D eigenvalue weighted by Gasteiger charge is 2.12. The van der Waals surface area contributed by atoms with Gasteiger partial charge in [0.15, 0.2) is 11.5 Å². The Kier molecular flexibility index (Phi) is 7.84. The Balaban J connectivity index is 1.65. The molecule has 7 nitrogen and oxygen atoms in total. The van der Waals surface area contributed by atoms with Crippen molar-refractivity contribution < 1.29 is 19.0 Å². The fourth-order valence-electron chi connectivity index (χ4n) is 2.80. The molecule has 1 N–H and O–H groups in total. The van der Waals surface area contributed by atoms with Crippen molar-refractivity contribution in [2.75, 3.05) is 14.2 Å². The third kappa shape index (κ3) is 5.86. The van der Waals surface area contributed by atoms with Gasteiger partial charge in [0.2, 0.25) is 0 Å². The lowest BCUT2D eigenvalue weighted by Crippen LogP contribution is -2.18. The van der Waals surface area contributed by atoms with E-state index >= 15 is 0 Å². The summed E-state index contributed by atoms with van der Waals surface area (Å²) in [6, 6.07) is 19.7. The van der Waals surface area contributed by atoms with Crippen LogP contribution >= 0.6 is 15.9 Å². The van der Waals surface area contributed by atoms with Crippen LogP contribution < -0.4 is 19.6 Å². The molecule has 32 heavy (non-hydrogen) atoms. The lowest BCUT2D eigenvalue weighted by molar-refractivity contribution is 0.0952. The van der Waals surface area contributed by atoms with Gasteiger partial charge in [-0.3, -0.25) is 4.79 Å². The fraction of sp³-hybridized carbons (Fsp3) is 0.125. The molecule has 0 unspecified atom stereocenters. The highest BCUT2D eigenvalue weighted by Crippen LogP contribution is 2.28. The highest BCUT2D eigenvalue weighted by atomic mass is 79.9. The summed E-state index contributed by atoms with van der Waals surface area (Å²) >= 11 is 3.34. The van der Waals surface area contributed by atoms with Gasteiger partial charge in [-0.1, -0.05) is 28.1 Å². The summed E-state index contributed by atoms with van der Waals surface area (Å²) < 4.78 is 17.2. The third-order valence-electron chi connectivity index (χ3n) is 4.45. The Bertz CT molecular complexity index is 1170. The first-order valence-corrected chi connectivity index (χ1v) is 10.3. The van der Waals surface area contributed by atoms with Gasteiger partial charge in [-0.2, -0.15) is 10.4 Å². The Hall–Kier alpha value is -3.83. The van der Waals surface area contributed by atoms with E-state index in [1.165, 1.54) is 13.3 Å². The number of nitrogens with zero attached hydrogens (tertiary/aromatic N) is 2. The number of ether oxygens (including phenoxy) is 3. The molecule has 1 amide bonds. The SMILES string of the molecule is COc1cc(/C=N\NC(=O)c2cc(Br)ccc2OC)ccc1OCc1ccc(C#N)cc1. The minimum absolute atomic E-state index is 0.333. The summed E-state index contributed by atoms with van der Waals surface area (Å²) in [7, 11) is 3.05. The smallest absolute Gasteiger partial charge is 0.275 e. The highest BCUT2D eigenvalue weighted by molar-refractivity contribution is 9.10. The van der Waals surface area contributed by atoms with Crippen molar-refractivity contribution in [2.24, 2.45) is 5.10 Å². The number of methoxy groups -OCH3 is 2. The standard InChI is InChI=1S/C24H20BrN3O4/c1-30-21-10-8-19(25)12-20(21)24(29)28-27-14-18-7-9-22(23(11-18)31-2)32-15-17-5-3-16(13-26)4-6-17/h3-12,14H,15H2,1-2H3,(H,28,29)/b27-14-. The van der Waals surface area contributed by atoms with Crippen molar-refractivity contribution in [1.82, 2.24) is 5.43 Å². The number of rotatable bonds is 8. The number of nitriles is 1. The number of benzene rings is 3. The molecule has 0 spiro atoms. The molecule has 0 aliphatic rings. The topological polar surface area (TPSA) is 92.9 Å². The Morgan fingerprint density at radius 1 is 1.03 bits per heavy atom. The lowest BCUT2D eigenvalue weighted by atomic mass is 10.1. The van der Waals surface area contributed by atoms with E-state index in [-0.39, 0.29) is 0 Å². The van der Waals surface area contributed by atoms with E-state index in [4.69, 9.17) is 19.5 Å². The maximum atomic E-state index is 12.4. The van der Waals surface area contributed by atoms with E-state index in [0.29, 0.717) is 40.5 Å². The van der Waals surface area contributed by atoms with Crippen LogP contribution in [-0.2, 0) is 6.61 Å². The van der Waals surface area contributed by atoms with Gasteiger partial charge in [0.05, 0.1) is 37.6 Å². The lowest BCUT2D eigenvalue weighted by Gasteiger charge is -2.11. The van der Waals surface area contributed by atoms with E-state index in [2.05, 4.69) is 32.5 Å². The molecule has 0 aromatic heterocycles. The predicted molar refractivity (Wildman–Crippen MR) is 124 cm³/mol. The molecule has 0 fully saturated rings. The summed E-state index contributed by atoms with van der Waals surface area (Å²) in [5.74, 6) is 1.15. The van der Waals surface area contributed by atoms with Crippen LogP contribution in [0.3, 0.4) is 0 Å². The van der Waals surface area contributed by atoms with E-state index in [1.807, 2.05) is 12.1 Å². The second kappa shape index (κ2) is 11.0. The van der Waals surface area contributed by atoms with Crippen molar-refractivity contribution in [3.8, 4) is 23.3 Å². The zero-order chi connectivity index (χ0) is 22.9. The van der Waals surface area contributed by atoms with Crippen molar-refractivity contribution in [3.63, 3.8) is 0 Å². The average molecular weight is 494 g/mol. The van der Waals surface area contributed by atoms with Crippen molar-refractivity contribution in [3.05, 3.63) is 87.4 Å². The van der Waals surface area contributed by atoms with Gasteiger partial charge in [-0.15, -0.1) is 0 Å². The normalized spacial score (nSPS) is 10.4. The number of hydrazone groups is 1. The number of hydrogen-bond acceptors (Lipinski definition) is 6. The number of amides is 1. The predicted octanol–water partition coefficient (Wildman–Crippen LogP) is 4.68. The molecule has 0 aliphatic heterocycles. The summed E-state index contributed by atoms with van der Waals surface area (Å²) in [5, 5.41) is 12.9. The van der Waals surface area contributed by atoms with Gasteiger partial charge in [0.1, 0.15) is 12.4 Å². The van der Waals surface area contributed by atoms with Crippen LogP contribution in [-0.4, -0.2) is 26.3 Å². The number of carbonyl (C=O) groups excluding carboxylic acids is 1. The largest absolute Gasteiger partial charge is 0.496 e. The molecule has 0 bridgehead atoms. The maximum Gasteiger partial charge on any atom is 0.275 e. The van der Waals surface area contributed by atoms with Gasteiger partial charge < -0.3 is 14.2 Å². The van der Waals surface area contributed by atoms with Gasteiger partial charge in [0, 0.05) is 4.47 Å². The van der Waals surface area contributed by atoms with E-state index in [9.17, 15) is 4.79 Å². The van der Waals surface area contributed by atoms with E-state index in [1.54, 1.807) is 55.6 Å². The molecule has 0 atom stereocenters. The fourth-order valence-corrected chi connectivity index (χ4v) is 3.16. The van der Waals surface area contributed by atoms with Crippen LogP contribution in [0.1, 0.15) is 27.0 Å². The second-order valence-corrected chi connectivity index (χ2v) is 7.47. The van der Waals surface area contributed by atoms with Crippen LogP contribution in [0.4, 0.5) is 0 Å². The third-order valence-corrected chi connectivity index (χ3v) is 4.94. The Labute approximate surface area is 194 Å². The van der Waals surface area contributed by atoms with Gasteiger partial charge in [-0.05, 0) is 59.7 Å². The molecule has 3 aromatic carbocycles. The first-order chi connectivity index (χ1) is 15.5. The van der Waals surface area contributed by atoms with Gasteiger partial charge in [-0.25, -0.2) is 5.43 Å². The molecule has 0 saturated heterocycles. The van der Waals surface area contributed by atoms with Gasteiger partial charge >= 0.3 is 0 Å². The monoisotopic (exact) mass is 493 g/mol. The summed E-state index contributed by atoms with van der Waals surface area (Å²) in [6.45, 7) is 0.333. The maximum absolute atomic E-state index is 12.4. The number of carbonyl (C=O) groups is 1. The first-order valence-electron chi connectivity index (χ1n) is 9.51. The van der Waals surface area contributed by atoms with Crippen LogP contribution in [0.25, 0.3) is 0 Å². The van der Waals surface area contributed by atoms with Crippen molar-refractivity contribution in [2.45, 2.75) is 6.61 Å². The molecule has 162 valence electrons. The van der Waals surface area contributed by atoms with Crippen molar-refractivity contribution >= 4 is 28.1 Å². The number of hydrogen-bond donors (Lipinski definition) is 1. The van der Waals surface area contributed by atoms with Crippen LogP contribution in [0.5, 0.6) is 17.2 Å². The Morgan fingerprint density at radius 2 is 1.75 bits per heavy atom. The molecule has 3 aromatic rings. The molecule has 0 radical (unpaired) electrons. The minimum Gasteiger partial charge on any atom is -0.496 e. The molecule has 0 saturated carbocycles. The summed E-state index contributed by atoms with van der Waals surface area (Å²) in [6.07, 6.45) is 1.51. The molecule has 8 heteroatoms. The number of halogens is 1. The zero-order valence-electron chi connectivity index (χ0n) is 17.5.